The van der Waals surface area contributed by atoms with Crippen molar-refractivity contribution in [2.45, 2.75) is 38.8 Å². The van der Waals surface area contributed by atoms with Crippen LogP contribution in [0.25, 0.3) is 0 Å². The number of likely N-dealkylation sites (tertiary alicyclic amines) is 1. The molecule has 1 fully saturated rings. The van der Waals surface area contributed by atoms with Crippen LogP contribution in [0.4, 0.5) is 0 Å². The van der Waals surface area contributed by atoms with Crippen LogP contribution in [0.2, 0.25) is 0 Å². The Hall–Kier alpha value is -0.900. The quantitative estimate of drug-likeness (QED) is 0.865. The normalized spacial score (nSPS) is 27.2. The standard InChI is InChI=1S/C17H28N2O/c1-4-18-16-10-11-19(12-14(16)2)13-17(3,20)15-8-6-5-7-9-15/h5-9,14,16,18,20H,4,10-13H2,1-3H3. The monoisotopic (exact) mass is 276 g/mol. The van der Waals surface area contributed by atoms with Crippen LogP contribution in [-0.4, -0.2) is 42.2 Å². The van der Waals surface area contributed by atoms with Crippen molar-refractivity contribution < 1.29 is 5.11 Å². The van der Waals surface area contributed by atoms with E-state index in [1.807, 2.05) is 37.3 Å². The number of rotatable bonds is 5. The van der Waals surface area contributed by atoms with Gasteiger partial charge < -0.3 is 10.4 Å². The zero-order valence-corrected chi connectivity index (χ0v) is 13.0. The molecule has 0 saturated carbocycles. The van der Waals surface area contributed by atoms with Crippen LogP contribution < -0.4 is 5.32 Å². The number of β-amino-alcohol motifs (C(OH)–C–C–N with tert-alkyl or cyclic N) is 1. The third-order valence-electron chi connectivity index (χ3n) is 4.38. The Bertz CT molecular complexity index is 405. The molecule has 3 unspecified atom stereocenters. The summed E-state index contributed by atoms with van der Waals surface area (Å²) in [6.07, 6.45) is 1.17. The molecular weight excluding hydrogens is 248 g/mol. The van der Waals surface area contributed by atoms with Gasteiger partial charge in [0.1, 0.15) is 0 Å². The molecule has 1 aromatic rings. The molecule has 1 heterocycles. The first-order valence-electron chi connectivity index (χ1n) is 7.76. The van der Waals surface area contributed by atoms with Crippen molar-refractivity contribution >= 4 is 0 Å². The van der Waals surface area contributed by atoms with Gasteiger partial charge in [-0.1, -0.05) is 44.2 Å². The van der Waals surface area contributed by atoms with E-state index in [-0.39, 0.29) is 0 Å². The van der Waals surface area contributed by atoms with Crippen LogP contribution >= 0.6 is 0 Å². The minimum absolute atomic E-state index is 0.623. The molecular formula is C17H28N2O. The van der Waals surface area contributed by atoms with Crippen LogP contribution in [0.3, 0.4) is 0 Å². The minimum Gasteiger partial charge on any atom is -0.384 e. The zero-order valence-electron chi connectivity index (χ0n) is 13.0. The first-order valence-corrected chi connectivity index (χ1v) is 7.76. The Labute approximate surface area is 123 Å². The van der Waals surface area contributed by atoms with Gasteiger partial charge >= 0.3 is 0 Å². The Balaban J connectivity index is 1.94. The van der Waals surface area contributed by atoms with Gasteiger partial charge in [-0.2, -0.15) is 0 Å². The lowest BCUT2D eigenvalue weighted by atomic mass is 9.90. The summed E-state index contributed by atoms with van der Waals surface area (Å²) in [6.45, 7) is 10.3. The first kappa shape index (κ1) is 15.5. The summed E-state index contributed by atoms with van der Waals surface area (Å²) in [6, 6.07) is 10.6. The molecule has 0 radical (unpaired) electrons. The highest BCUT2D eigenvalue weighted by atomic mass is 16.3. The Morgan fingerprint density at radius 1 is 1.35 bits per heavy atom. The SMILES string of the molecule is CCNC1CCN(CC(C)(O)c2ccccc2)CC1C. The summed E-state index contributed by atoms with van der Waals surface area (Å²) in [5.74, 6) is 0.635. The molecule has 1 aliphatic heterocycles. The van der Waals surface area contributed by atoms with Gasteiger partial charge in [-0.05, 0) is 37.9 Å². The molecule has 112 valence electrons. The van der Waals surface area contributed by atoms with Crippen LogP contribution in [0, 0.1) is 5.92 Å². The largest absolute Gasteiger partial charge is 0.384 e. The maximum atomic E-state index is 10.7. The molecule has 20 heavy (non-hydrogen) atoms. The summed E-state index contributed by atoms with van der Waals surface area (Å²) in [4.78, 5) is 2.39. The van der Waals surface area contributed by atoms with E-state index in [2.05, 4.69) is 24.1 Å². The molecule has 3 atom stereocenters. The molecule has 1 aliphatic rings. The number of hydrogen-bond acceptors (Lipinski definition) is 3. The van der Waals surface area contributed by atoms with Gasteiger partial charge in [-0.3, -0.25) is 4.90 Å². The van der Waals surface area contributed by atoms with E-state index in [0.717, 1.165) is 25.2 Å². The van der Waals surface area contributed by atoms with Crippen molar-refractivity contribution in [3.8, 4) is 0 Å². The van der Waals surface area contributed by atoms with Crippen molar-refractivity contribution in [3.63, 3.8) is 0 Å². The number of aliphatic hydroxyl groups is 1. The molecule has 3 nitrogen and oxygen atoms in total. The predicted octanol–water partition coefficient (Wildman–Crippen LogP) is 2.21. The summed E-state index contributed by atoms with van der Waals surface area (Å²) >= 11 is 0. The van der Waals surface area contributed by atoms with E-state index in [1.165, 1.54) is 6.42 Å². The van der Waals surface area contributed by atoms with Crippen molar-refractivity contribution in [2.24, 2.45) is 5.92 Å². The molecule has 1 saturated heterocycles. The molecule has 0 bridgehead atoms. The number of piperidine rings is 1. The molecule has 0 aromatic heterocycles. The van der Waals surface area contributed by atoms with E-state index in [4.69, 9.17) is 0 Å². The van der Waals surface area contributed by atoms with Gasteiger partial charge in [0.25, 0.3) is 0 Å². The van der Waals surface area contributed by atoms with Gasteiger partial charge in [0.15, 0.2) is 0 Å². The third-order valence-corrected chi connectivity index (χ3v) is 4.38. The maximum absolute atomic E-state index is 10.7. The topological polar surface area (TPSA) is 35.5 Å². The summed E-state index contributed by atoms with van der Waals surface area (Å²) in [7, 11) is 0. The number of benzene rings is 1. The smallest absolute Gasteiger partial charge is 0.0994 e. The van der Waals surface area contributed by atoms with Crippen LogP contribution in [0.1, 0.15) is 32.8 Å². The van der Waals surface area contributed by atoms with Gasteiger partial charge in [0.2, 0.25) is 0 Å². The average Bonchev–Trinajstić information content (AvgIpc) is 2.43. The molecule has 3 heteroatoms. The lowest BCUT2D eigenvalue weighted by Gasteiger charge is -2.40. The van der Waals surface area contributed by atoms with Crippen molar-refractivity contribution in [2.75, 3.05) is 26.2 Å². The molecule has 0 amide bonds. The van der Waals surface area contributed by atoms with Gasteiger partial charge in [0.05, 0.1) is 5.60 Å². The fraction of sp³-hybridized carbons (Fsp3) is 0.647. The van der Waals surface area contributed by atoms with Gasteiger partial charge in [0, 0.05) is 19.1 Å². The zero-order chi connectivity index (χ0) is 14.6. The first-order chi connectivity index (χ1) is 9.53. The fourth-order valence-electron chi connectivity index (χ4n) is 3.26. The molecule has 0 aliphatic carbocycles. The Morgan fingerprint density at radius 3 is 2.65 bits per heavy atom. The van der Waals surface area contributed by atoms with E-state index >= 15 is 0 Å². The second-order valence-corrected chi connectivity index (χ2v) is 6.31. The molecule has 2 rings (SSSR count). The average molecular weight is 276 g/mol. The highest BCUT2D eigenvalue weighted by Gasteiger charge is 2.31. The lowest BCUT2D eigenvalue weighted by Crippen LogP contribution is -2.51. The second-order valence-electron chi connectivity index (χ2n) is 6.31. The Kier molecular flexibility index (Phi) is 5.19. The van der Waals surface area contributed by atoms with Gasteiger partial charge in [-0.25, -0.2) is 0 Å². The summed E-state index contributed by atoms with van der Waals surface area (Å²) < 4.78 is 0. The van der Waals surface area contributed by atoms with Crippen LogP contribution in [0.5, 0.6) is 0 Å². The third kappa shape index (κ3) is 3.81. The maximum Gasteiger partial charge on any atom is 0.0994 e. The highest BCUT2D eigenvalue weighted by molar-refractivity contribution is 5.21. The highest BCUT2D eigenvalue weighted by Crippen LogP contribution is 2.25. The van der Waals surface area contributed by atoms with Crippen LogP contribution in [0.15, 0.2) is 30.3 Å². The summed E-state index contributed by atoms with van der Waals surface area (Å²) in [5.41, 5.74) is 0.230. The molecule has 2 N–H and O–H groups in total. The van der Waals surface area contributed by atoms with Crippen molar-refractivity contribution in [1.82, 2.24) is 10.2 Å². The summed E-state index contributed by atoms with van der Waals surface area (Å²) in [5, 5.41) is 14.3. The van der Waals surface area contributed by atoms with Crippen molar-refractivity contribution in [1.29, 1.82) is 0 Å². The lowest BCUT2D eigenvalue weighted by molar-refractivity contribution is 0.0000930. The Morgan fingerprint density at radius 2 is 2.05 bits per heavy atom. The molecule has 1 aromatic carbocycles. The van der Waals surface area contributed by atoms with Crippen LogP contribution in [-0.2, 0) is 5.60 Å². The number of nitrogens with zero attached hydrogens (tertiary/aromatic N) is 1. The number of nitrogens with one attached hydrogen (secondary N) is 1. The van der Waals surface area contributed by atoms with E-state index < -0.39 is 5.60 Å². The van der Waals surface area contributed by atoms with Gasteiger partial charge in [-0.15, -0.1) is 0 Å². The molecule has 0 spiro atoms. The van der Waals surface area contributed by atoms with E-state index in [1.54, 1.807) is 0 Å². The van der Waals surface area contributed by atoms with E-state index in [0.29, 0.717) is 18.5 Å². The van der Waals surface area contributed by atoms with Crippen molar-refractivity contribution in [3.05, 3.63) is 35.9 Å². The van der Waals surface area contributed by atoms with E-state index in [9.17, 15) is 5.11 Å². The minimum atomic E-state index is -0.772. The predicted molar refractivity (Wildman–Crippen MR) is 83.7 cm³/mol. The second kappa shape index (κ2) is 6.70. The fourth-order valence-corrected chi connectivity index (χ4v) is 3.26. The number of hydrogen-bond donors (Lipinski definition) is 2.